The van der Waals surface area contributed by atoms with Gasteiger partial charge in [0, 0.05) is 31.8 Å². The summed E-state index contributed by atoms with van der Waals surface area (Å²) in [5.74, 6) is -0.300. The Balaban J connectivity index is 2.07. The van der Waals surface area contributed by atoms with Crippen LogP contribution in [0.5, 0.6) is 17.4 Å². The number of anilines is 1. The maximum atomic E-state index is 13.5. The van der Waals surface area contributed by atoms with Crippen LogP contribution in [0, 0.1) is 6.92 Å². The van der Waals surface area contributed by atoms with Gasteiger partial charge in [-0.3, -0.25) is 14.1 Å². The van der Waals surface area contributed by atoms with Crippen LogP contribution in [-0.4, -0.2) is 64.7 Å². The highest BCUT2D eigenvalue weighted by Gasteiger charge is 2.25. The van der Waals surface area contributed by atoms with Gasteiger partial charge in [-0.2, -0.15) is 4.98 Å². The van der Waals surface area contributed by atoms with Crippen molar-refractivity contribution in [3.8, 4) is 23.1 Å². The van der Waals surface area contributed by atoms with Crippen LogP contribution in [0.15, 0.2) is 35.4 Å². The van der Waals surface area contributed by atoms with E-state index in [0.29, 0.717) is 5.82 Å². The smallest absolute Gasteiger partial charge is 0.286 e. The van der Waals surface area contributed by atoms with E-state index in [1.807, 2.05) is 6.92 Å². The summed E-state index contributed by atoms with van der Waals surface area (Å²) in [6.45, 7) is 1.62. The van der Waals surface area contributed by atoms with Crippen molar-refractivity contribution in [1.29, 1.82) is 0 Å². The zero-order valence-electron chi connectivity index (χ0n) is 19.6. The fraction of sp³-hybridized carbons (Fsp3) is 0.364. The first kappa shape index (κ1) is 25.9. The van der Waals surface area contributed by atoms with Crippen molar-refractivity contribution in [1.82, 2.24) is 19.5 Å². The van der Waals surface area contributed by atoms with Crippen molar-refractivity contribution in [2.45, 2.75) is 26.2 Å². The minimum atomic E-state index is -4.09. The van der Waals surface area contributed by atoms with Crippen LogP contribution in [0.25, 0.3) is 5.69 Å². The summed E-state index contributed by atoms with van der Waals surface area (Å²) in [7, 11) is -1.29. The van der Waals surface area contributed by atoms with Crippen LogP contribution in [0.2, 0.25) is 0 Å². The third kappa shape index (κ3) is 6.05. The first-order valence-electron chi connectivity index (χ1n) is 10.7. The largest absolute Gasteiger partial charge is 0.494 e. The molecule has 0 radical (unpaired) electrons. The van der Waals surface area contributed by atoms with E-state index in [1.165, 1.54) is 14.2 Å². The summed E-state index contributed by atoms with van der Waals surface area (Å²) in [5, 5.41) is 19.7. The molecule has 2 aromatic heterocycles. The topological polar surface area (TPSA) is 166 Å². The summed E-state index contributed by atoms with van der Waals surface area (Å²) in [4.78, 5) is 25.7. The average Bonchev–Trinajstić information content (AvgIpc) is 2.84. The predicted molar refractivity (Wildman–Crippen MR) is 128 cm³/mol. The number of hydrogen-bond acceptors (Lipinski definition) is 10. The highest BCUT2D eigenvalue weighted by Crippen LogP contribution is 2.33. The van der Waals surface area contributed by atoms with Crippen LogP contribution in [0.4, 0.5) is 5.69 Å². The van der Waals surface area contributed by atoms with Crippen molar-refractivity contribution in [3.63, 3.8) is 0 Å². The summed E-state index contributed by atoms with van der Waals surface area (Å²) in [6.07, 6.45) is 3.49. The first-order valence-corrected chi connectivity index (χ1v) is 12.3. The number of aliphatic hydroxyl groups is 1. The zero-order chi connectivity index (χ0) is 25.6. The van der Waals surface area contributed by atoms with Gasteiger partial charge in [0.05, 0.1) is 20.0 Å². The number of aliphatic hydroxyl groups excluding tert-OH is 1. The number of nitrogens with zero attached hydrogens (tertiary/aromatic N) is 4. The first-order chi connectivity index (χ1) is 16.7. The molecule has 3 rings (SSSR count). The summed E-state index contributed by atoms with van der Waals surface area (Å²) in [5.41, 5.74) is -0.505. The standard InChI is InChI=1S/C22H27N5O7S/c1-14-12-23-17(24-13-14)9-11-35(31,32)26-19-21(29)25-18(8-5-10-28)27(22(19)30)20-15(33-2)6-4-7-16(20)34-3/h4,6-7,12-13,26,28-29H,5,8-11H2,1-3H3. The van der Waals surface area contributed by atoms with Gasteiger partial charge in [-0.15, -0.1) is 0 Å². The second-order valence-electron chi connectivity index (χ2n) is 7.55. The molecule has 13 heteroatoms. The Hall–Kier alpha value is -3.71. The number of ether oxygens (including phenoxy) is 2. The SMILES string of the molecule is COc1cccc(OC)c1-n1c(CCCO)nc(O)c(NS(=O)(=O)CCc2ncc(C)cn2)c1=O. The normalized spacial score (nSPS) is 11.3. The number of aromatic nitrogens is 4. The number of aromatic hydroxyl groups is 1. The minimum Gasteiger partial charge on any atom is -0.494 e. The lowest BCUT2D eigenvalue weighted by Gasteiger charge is -2.19. The fourth-order valence-electron chi connectivity index (χ4n) is 3.31. The van der Waals surface area contributed by atoms with E-state index in [4.69, 9.17) is 9.47 Å². The summed E-state index contributed by atoms with van der Waals surface area (Å²) >= 11 is 0. The Morgan fingerprint density at radius 2 is 1.71 bits per heavy atom. The van der Waals surface area contributed by atoms with Crippen molar-refractivity contribution >= 4 is 15.7 Å². The van der Waals surface area contributed by atoms with Gasteiger partial charge in [-0.1, -0.05) is 6.07 Å². The van der Waals surface area contributed by atoms with E-state index in [0.717, 1.165) is 10.1 Å². The van der Waals surface area contributed by atoms with E-state index < -0.39 is 32.9 Å². The van der Waals surface area contributed by atoms with Crippen molar-refractivity contribution in [2.75, 3.05) is 31.3 Å². The molecule has 1 aromatic carbocycles. The van der Waals surface area contributed by atoms with Crippen LogP contribution in [-0.2, 0) is 22.9 Å². The van der Waals surface area contributed by atoms with E-state index in [1.54, 1.807) is 30.6 Å². The molecular weight excluding hydrogens is 478 g/mol. The molecule has 0 aliphatic carbocycles. The number of aryl methyl sites for hydroxylation is 3. The quantitative estimate of drug-likeness (QED) is 0.342. The molecule has 0 unspecified atom stereocenters. The van der Waals surface area contributed by atoms with Gasteiger partial charge >= 0.3 is 0 Å². The molecule has 0 saturated heterocycles. The maximum Gasteiger partial charge on any atom is 0.286 e. The molecule has 0 spiro atoms. The fourth-order valence-corrected chi connectivity index (χ4v) is 4.35. The zero-order valence-corrected chi connectivity index (χ0v) is 20.4. The monoisotopic (exact) mass is 505 g/mol. The van der Waals surface area contributed by atoms with Crippen molar-refractivity contribution in [3.05, 3.63) is 58.2 Å². The van der Waals surface area contributed by atoms with Crippen LogP contribution in [0.1, 0.15) is 23.6 Å². The Morgan fingerprint density at radius 3 is 2.29 bits per heavy atom. The third-order valence-electron chi connectivity index (χ3n) is 5.00. The Morgan fingerprint density at radius 1 is 1.09 bits per heavy atom. The minimum absolute atomic E-state index is 0.00703. The second kappa shape index (κ2) is 11.1. The van der Waals surface area contributed by atoms with E-state index in [-0.39, 0.29) is 48.9 Å². The van der Waals surface area contributed by atoms with Gasteiger partial charge < -0.3 is 19.7 Å². The third-order valence-corrected chi connectivity index (χ3v) is 6.26. The van der Waals surface area contributed by atoms with Gasteiger partial charge in [-0.05, 0) is 31.0 Å². The second-order valence-corrected chi connectivity index (χ2v) is 9.39. The van der Waals surface area contributed by atoms with Gasteiger partial charge in [-0.25, -0.2) is 18.4 Å². The van der Waals surface area contributed by atoms with Crippen LogP contribution >= 0.6 is 0 Å². The number of benzene rings is 1. The molecule has 0 amide bonds. The number of nitrogens with one attached hydrogen (secondary N) is 1. The lowest BCUT2D eigenvalue weighted by atomic mass is 10.2. The lowest BCUT2D eigenvalue weighted by Crippen LogP contribution is -2.30. The van der Waals surface area contributed by atoms with Crippen LogP contribution in [0.3, 0.4) is 0 Å². The molecular formula is C22H27N5O7S. The number of para-hydroxylation sites is 1. The highest BCUT2D eigenvalue weighted by molar-refractivity contribution is 7.92. The maximum absolute atomic E-state index is 13.5. The van der Waals surface area contributed by atoms with Gasteiger partial charge in [0.25, 0.3) is 5.56 Å². The molecule has 35 heavy (non-hydrogen) atoms. The van der Waals surface area contributed by atoms with Gasteiger partial charge in [0.15, 0.2) is 5.69 Å². The molecule has 0 aliphatic rings. The Kier molecular flexibility index (Phi) is 8.25. The molecule has 3 aromatic rings. The molecule has 0 atom stereocenters. The number of rotatable bonds is 11. The van der Waals surface area contributed by atoms with E-state index in [9.17, 15) is 23.4 Å². The Bertz CT molecular complexity index is 1320. The van der Waals surface area contributed by atoms with Crippen molar-refractivity contribution in [2.24, 2.45) is 0 Å². The van der Waals surface area contributed by atoms with Crippen LogP contribution < -0.4 is 19.8 Å². The van der Waals surface area contributed by atoms with Gasteiger partial charge in [0.1, 0.15) is 28.8 Å². The van der Waals surface area contributed by atoms with Crippen molar-refractivity contribution < 1.29 is 28.1 Å². The number of hydrogen-bond donors (Lipinski definition) is 3. The predicted octanol–water partition coefficient (Wildman–Crippen LogP) is 0.963. The highest BCUT2D eigenvalue weighted by atomic mass is 32.2. The molecule has 188 valence electrons. The molecule has 12 nitrogen and oxygen atoms in total. The molecule has 0 saturated carbocycles. The molecule has 0 bridgehead atoms. The molecule has 2 heterocycles. The summed E-state index contributed by atoms with van der Waals surface area (Å²) < 4.78 is 39.6. The van der Waals surface area contributed by atoms with E-state index >= 15 is 0 Å². The van der Waals surface area contributed by atoms with E-state index in [2.05, 4.69) is 19.7 Å². The Labute approximate surface area is 202 Å². The summed E-state index contributed by atoms with van der Waals surface area (Å²) in [6, 6.07) is 4.85. The van der Waals surface area contributed by atoms with Gasteiger partial charge in [0.2, 0.25) is 15.9 Å². The average molecular weight is 506 g/mol. The molecule has 0 fully saturated rings. The number of sulfonamides is 1. The lowest BCUT2D eigenvalue weighted by molar-refractivity contribution is 0.286. The molecule has 3 N–H and O–H groups in total. The molecule has 0 aliphatic heterocycles. The number of methoxy groups -OCH3 is 2.